The molecular weight excluding hydrogens is 228 g/mol. The molecule has 0 unspecified atom stereocenters. The normalized spacial score (nSPS) is 10.8. The first kappa shape index (κ1) is 12.2. The van der Waals surface area contributed by atoms with Crippen molar-refractivity contribution in [3.63, 3.8) is 0 Å². The van der Waals surface area contributed by atoms with Crippen molar-refractivity contribution in [3.8, 4) is 5.88 Å². The third kappa shape index (κ3) is 2.38. The molecule has 0 aliphatic rings. The average molecular weight is 234 g/mol. The van der Waals surface area contributed by atoms with Crippen molar-refractivity contribution >= 4 is 6.08 Å². The van der Waals surface area contributed by atoms with Crippen molar-refractivity contribution in [2.75, 3.05) is 7.11 Å². The second-order valence-electron chi connectivity index (χ2n) is 2.60. The fraction of sp³-hybridized carbons (Fsp3) is 0.222. The fourth-order valence-corrected chi connectivity index (χ4v) is 0.922. The number of aromatic nitrogens is 2. The van der Waals surface area contributed by atoms with Crippen LogP contribution in [-0.2, 0) is 6.18 Å². The van der Waals surface area contributed by atoms with Crippen LogP contribution in [0.4, 0.5) is 17.6 Å². The summed E-state index contributed by atoms with van der Waals surface area (Å²) in [6, 6.07) is 0. The Morgan fingerprint density at radius 1 is 1.38 bits per heavy atom. The Bertz CT molecular complexity index is 450. The van der Waals surface area contributed by atoms with Gasteiger partial charge in [-0.1, -0.05) is 6.58 Å². The molecule has 7 heteroatoms. The van der Waals surface area contributed by atoms with E-state index < -0.39 is 23.6 Å². The van der Waals surface area contributed by atoms with Gasteiger partial charge in [0.1, 0.15) is 0 Å². The lowest BCUT2D eigenvalue weighted by atomic mass is 10.3. The van der Waals surface area contributed by atoms with Crippen molar-refractivity contribution in [3.05, 3.63) is 29.6 Å². The molecule has 0 amide bonds. The van der Waals surface area contributed by atoms with Gasteiger partial charge >= 0.3 is 6.18 Å². The van der Waals surface area contributed by atoms with Crippen LogP contribution in [0.2, 0.25) is 0 Å². The highest BCUT2D eigenvalue weighted by atomic mass is 19.4. The zero-order chi connectivity index (χ0) is 12.3. The van der Waals surface area contributed by atoms with E-state index >= 15 is 0 Å². The summed E-state index contributed by atoms with van der Waals surface area (Å²) in [4.78, 5) is 6.38. The van der Waals surface area contributed by atoms with E-state index in [0.29, 0.717) is 0 Å². The van der Waals surface area contributed by atoms with Crippen molar-refractivity contribution in [2.24, 2.45) is 0 Å². The van der Waals surface area contributed by atoms with E-state index in [2.05, 4.69) is 27.0 Å². The molecule has 0 aromatic carbocycles. The van der Waals surface area contributed by atoms with Crippen LogP contribution in [0.3, 0.4) is 0 Å². The Kier molecular flexibility index (Phi) is 3.29. The third-order valence-corrected chi connectivity index (χ3v) is 1.53. The number of nitrogens with zero attached hydrogens (tertiary/aromatic N) is 2. The monoisotopic (exact) mass is 234 g/mol. The second kappa shape index (κ2) is 4.32. The number of halogens is 4. The Morgan fingerprint density at radius 2 is 2.00 bits per heavy atom. The summed E-state index contributed by atoms with van der Waals surface area (Å²) >= 11 is 0. The first-order chi connectivity index (χ1) is 7.40. The van der Waals surface area contributed by atoms with Gasteiger partial charge in [-0.05, 0) is 0 Å². The number of alkyl halides is 3. The van der Waals surface area contributed by atoms with Crippen LogP contribution in [0.25, 0.3) is 6.08 Å². The number of hydrogen-bond acceptors (Lipinski definition) is 3. The van der Waals surface area contributed by atoms with Crippen LogP contribution in [0.5, 0.6) is 5.88 Å². The average Bonchev–Trinajstić information content (AvgIpc) is 2.19. The molecule has 1 heterocycles. The van der Waals surface area contributed by atoms with Gasteiger partial charge in [0.15, 0.2) is 11.5 Å². The van der Waals surface area contributed by atoms with Gasteiger partial charge < -0.3 is 4.74 Å². The summed E-state index contributed by atoms with van der Waals surface area (Å²) in [5, 5.41) is 0. The number of hydrogen-bond donors (Lipinski definition) is 0. The summed E-state index contributed by atoms with van der Waals surface area (Å²) in [5.74, 6) is -2.79. The van der Waals surface area contributed by atoms with Crippen LogP contribution in [0, 0.1) is 5.82 Å². The van der Waals surface area contributed by atoms with E-state index in [9.17, 15) is 17.6 Å². The van der Waals surface area contributed by atoms with E-state index in [-0.39, 0.29) is 5.82 Å². The first-order valence-corrected chi connectivity index (χ1v) is 3.94. The minimum Gasteiger partial charge on any atom is -0.479 e. The summed E-state index contributed by atoms with van der Waals surface area (Å²) in [6.07, 6.45) is -3.93. The lowest BCUT2D eigenvalue weighted by Crippen LogP contribution is -2.14. The van der Waals surface area contributed by atoms with Gasteiger partial charge in [-0.2, -0.15) is 22.5 Å². The lowest BCUT2D eigenvalue weighted by Gasteiger charge is -2.09. The highest BCUT2D eigenvalue weighted by Crippen LogP contribution is 2.32. The van der Waals surface area contributed by atoms with Gasteiger partial charge in [-0.3, -0.25) is 0 Å². The van der Waals surface area contributed by atoms with Gasteiger partial charge in [0.25, 0.3) is 5.88 Å². The molecule has 0 radical (unpaired) electrons. The van der Waals surface area contributed by atoms with Crippen molar-refractivity contribution < 1.29 is 22.3 Å². The van der Waals surface area contributed by atoms with E-state index in [0.717, 1.165) is 13.2 Å². The zero-order valence-electron chi connectivity index (χ0n) is 8.10. The van der Waals surface area contributed by atoms with Crippen molar-refractivity contribution in [1.82, 2.24) is 9.97 Å². The molecule has 3 nitrogen and oxygen atoms in total. The molecule has 1 rings (SSSR count). The standard InChI is InChI=1S/C9H6F4N2O/c1-3-4-5-14-7(9(11,12)13)6(10)8(15-5)16-2/h4H,1H2,2H3. The molecule has 0 saturated heterocycles. The van der Waals surface area contributed by atoms with Gasteiger partial charge in [-0.25, -0.2) is 4.98 Å². The molecule has 1 aromatic rings. The van der Waals surface area contributed by atoms with Gasteiger partial charge in [0.2, 0.25) is 5.82 Å². The van der Waals surface area contributed by atoms with Crippen molar-refractivity contribution in [2.45, 2.75) is 6.18 Å². The fourth-order valence-electron chi connectivity index (χ4n) is 0.922. The van der Waals surface area contributed by atoms with E-state index in [1.54, 1.807) is 0 Å². The molecule has 0 aliphatic heterocycles. The van der Waals surface area contributed by atoms with Gasteiger partial charge in [-0.15, -0.1) is 5.73 Å². The Balaban J connectivity index is 3.47. The molecule has 16 heavy (non-hydrogen) atoms. The molecule has 0 saturated carbocycles. The molecule has 0 spiro atoms. The number of ether oxygens (including phenoxy) is 1. The predicted molar refractivity (Wildman–Crippen MR) is 47.1 cm³/mol. The molecule has 1 aromatic heterocycles. The van der Waals surface area contributed by atoms with Crippen LogP contribution in [0.1, 0.15) is 11.5 Å². The van der Waals surface area contributed by atoms with Gasteiger partial charge in [0, 0.05) is 6.08 Å². The maximum atomic E-state index is 13.2. The summed E-state index contributed by atoms with van der Waals surface area (Å²) in [5.41, 5.74) is 0.508. The van der Waals surface area contributed by atoms with Crippen molar-refractivity contribution in [1.29, 1.82) is 0 Å². The molecular formula is C9H6F4N2O. The topological polar surface area (TPSA) is 35.0 Å². The molecule has 0 atom stereocenters. The van der Waals surface area contributed by atoms with Crippen LogP contribution in [-0.4, -0.2) is 17.1 Å². The van der Waals surface area contributed by atoms with Crippen LogP contribution >= 0.6 is 0 Å². The van der Waals surface area contributed by atoms with E-state index in [1.165, 1.54) is 0 Å². The number of rotatable bonds is 2. The lowest BCUT2D eigenvalue weighted by molar-refractivity contribution is -0.144. The third-order valence-electron chi connectivity index (χ3n) is 1.53. The molecule has 0 aliphatic carbocycles. The first-order valence-electron chi connectivity index (χ1n) is 3.94. The van der Waals surface area contributed by atoms with Gasteiger partial charge in [0.05, 0.1) is 7.11 Å². The summed E-state index contributed by atoms with van der Waals surface area (Å²) in [7, 11) is 1.01. The summed E-state index contributed by atoms with van der Waals surface area (Å²) in [6.45, 7) is 3.15. The Hall–Kier alpha value is -1.88. The van der Waals surface area contributed by atoms with Crippen LogP contribution < -0.4 is 4.74 Å². The quantitative estimate of drug-likeness (QED) is 0.582. The van der Waals surface area contributed by atoms with E-state index in [1.807, 2.05) is 0 Å². The Labute approximate surface area is 88.1 Å². The molecule has 86 valence electrons. The van der Waals surface area contributed by atoms with E-state index in [4.69, 9.17) is 0 Å². The highest BCUT2D eigenvalue weighted by Gasteiger charge is 2.38. The molecule has 0 N–H and O–H groups in total. The molecule has 0 fully saturated rings. The highest BCUT2D eigenvalue weighted by molar-refractivity contribution is 5.40. The number of methoxy groups -OCH3 is 1. The zero-order valence-corrected chi connectivity index (χ0v) is 8.10. The second-order valence-corrected chi connectivity index (χ2v) is 2.60. The predicted octanol–water partition coefficient (Wildman–Crippen LogP) is 2.44. The maximum Gasteiger partial charge on any atom is 0.436 e. The smallest absolute Gasteiger partial charge is 0.436 e. The Morgan fingerprint density at radius 3 is 2.44 bits per heavy atom. The minimum absolute atomic E-state index is 0.374. The molecule has 0 bridgehead atoms. The SMILES string of the molecule is C=C=Cc1nc(OC)c(F)c(C(F)(F)F)n1. The summed E-state index contributed by atoms with van der Waals surface area (Å²) < 4.78 is 54.6. The minimum atomic E-state index is -4.91. The largest absolute Gasteiger partial charge is 0.479 e. The maximum absolute atomic E-state index is 13.2. The van der Waals surface area contributed by atoms with Crippen LogP contribution in [0.15, 0.2) is 12.3 Å².